The largest absolute Gasteiger partial charge is 0.497 e. The smallest absolute Gasteiger partial charge is 0.248 e. The summed E-state index contributed by atoms with van der Waals surface area (Å²) in [7, 11) is 4.76. The molecule has 1 N–H and O–H groups in total. The van der Waals surface area contributed by atoms with Gasteiger partial charge in [0.15, 0.2) is 0 Å². The molecule has 0 aliphatic rings. The lowest BCUT2D eigenvalue weighted by atomic mass is 10.0. The molecule has 0 atom stereocenters. The molecule has 5 heteroatoms. The predicted molar refractivity (Wildman–Crippen MR) is 99.7 cm³/mol. The highest BCUT2D eigenvalue weighted by atomic mass is 16.5. The highest BCUT2D eigenvalue weighted by Gasteiger charge is 2.08. The van der Waals surface area contributed by atoms with Crippen LogP contribution in [0.3, 0.4) is 0 Å². The Kier molecular flexibility index (Phi) is 6.06. The molecular formula is C20H23NO4. The SMILES string of the molecule is COc1cc(C)c(/C=C/C(=O)Nc2ccc(OC)cc2OC)c(C)c1. The minimum absolute atomic E-state index is 0.238. The summed E-state index contributed by atoms with van der Waals surface area (Å²) in [5, 5.41) is 2.81. The third-order valence-electron chi connectivity index (χ3n) is 3.87. The van der Waals surface area contributed by atoms with E-state index in [1.165, 1.54) is 6.08 Å². The van der Waals surface area contributed by atoms with Gasteiger partial charge in [0, 0.05) is 12.1 Å². The van der Waals surface area contributed by atoms with E-state index in [2.05, 4.69) is 5.32 Å². The summed E-state index contributed by atoms with van der Waals surface area (Å²) < 4.78 is 15.7. The van der Waals surface area contributed by atoms with Gasteiger partial charge in [0.05, 0.1) is 27.0 Å². The summed E-state index contributed by atoms with van der Waals surface area (Å²) >= 11 is 0. The number of carbonyl (C=O) groups excluding carboxylic acids is 1. The second-order valence-corrected chi connectivity index (χ2v) is 5.56. The average molecular weight is 341 g/mol. The minimum Gasteiger partial charge on any atom is -0.497 e. The van der Waals surface area contributed by atoms with Crippen LogP contribution in [0.1, 0.15) is 16.7 Å². The van der Waals surface area contributed by atoms with Gasteiger partial charge in [-0.1, -0.05) is 0 Å². The van der Waals surface area contributed by atoms with Crippen LogP contribution in [-0.4, -0.2) is 27.2 Å². The Hall–Kier alpha value is -2.95. The van der Waals surface area contributed by atoms with Gasteiger partial charge in [0.2, 0.25) is 5.91 Å². The second-order valence-electron chi connectivity index (χ2n) is 5.56. The number of carbonyl (C=O) groups is 1. The van der Waals surface area contributed by atoms with Crippen LogP contribution >= 0.6 is 0 Å². The maximum atomic E-state index is 12.2. The molecule has 2 aromatic carbocycles. The van der Waals surface area contributed by atoms with Crippen LogP contribution in [0, 0.1) is 13.8 Å². The van der Waals surface area contributed by atoms with Crippen molar-refractivity contribution in [2.24, 2.45) is 0 Å². The van der Waals surface area contributed by atoms with Gasteiger partial charge in [-0.25, -0.2) is 0 Å². The maximum absolute atomic E-state index is 12.2. The molecule has 5 nitrogen and oxygen atoms in total. The van der Waals surface area contributed by atoms with E-state index in [0.29, 0.717) is 17.2 Å². The molecule has 2 aromatic rings. The molecule has 0 fully saturated rings. The van der Waals surface area contributed by atoms with Crippen LogP contribution in [0.4, 0.5) is 5.69 Å². The predicted octanol–water partition coefficient (Wildman–Crippen LogP) is 3.98. The van der Waals surface area contributed by atoms with E-state index in [-0.39, 0.29) is 5.91 Å². The fraction of sp³-hybridized carbons (Fsp3) is 0.250. The van der Waals surface area contributed by atoms with Crippen molar-refractivity contribution in [1.82, 2.24) is 0 Å². The Balaban J connectivity index is 2.17. The van der Waals surface area contributed by atoms with Crippen molar-refractivity contribution < 1.29 is 19.0 Å². The summed E-state index contributed by atoms with van der Waals surface area (Å²) in [5.41, 5.74) is 3.67. The fourth-order valence-corrected chi connectivity index (χ4v) is 2.55. The van der Waals surface area contributed by atoms with Crippen molar-refractivity contribution in [2.45, 2.75) is 13.8 Å². The van der Waals surface area contributed by atoms with Gasteiger partial charge in [-0.15, -0.1) is 0 Å². The van der Waals surface area contributed by atoms with Crippen molar-refractivity contribution in [2.75, 3.05) is 26.6 Å². The summed E-state index contributed by atoms with van der Waals surface area (Å²) in [4.78, 5) is 12.2. The summed E-state index contributed by atoms with van der Waals surface area (Å²) in [6, 6.07) is 9.11. The van der Waals surface area contributed by atoms with Gasteiger partial charge < -0.3 is 19.5 Å². The van der Waals surface area contributed by atoms with E-state index >= 15 is 0 Å². The molecule has 0 saturated carbocycles. The quantitative estimate of drug-likeness (QED) is 0.808. The van der Waals surface area contributed by atoms with Gasteiger partial charge in [-0.2, -0.15) is 0 Å². The Morgan fingerprint density at radius 1 is 0.920 bits per heavy atom. The zero-order valence-electron chi connectivity index (χ0n) is 15.2. The molecule has 0 unspecified atom stereocenters. The van der Waals surface area contributed by atoms with E-state index in [9.17, 15) is 4.79 Å². The number of ether oxygens (including phenoxy) is 3. The first kappa shape index (κ1) is 18.4. The lowest BCUT2D eigenvalue weighted by Crippen LogP contribution is -2.09. The molecule has 0 aromatic heterocycles. The average Bonchev–Trinajstić information content (AvgIpc) is 2.61. The van der Waals surface area contributed by atoms with Crippen molar-refractivity contribution in [3.8, 4) is 17.2 Å². The molecule has 0 saturated heterocycles. The molecule has 132 valence electrons. The number of hydrogen-bond acceptors (Lipinski definition) is 4. The number of amides is 1. The zero-order chi connectivity index (χ0) is 18.4. The van der Waals surface area contributed by atoms with Crippen LogP contribution < -0.4 is 19.5 Å². The van der Waals surface area contributed by atoms with Crippen LogP contribution in [0.2, 0.25) is 0 Å². The first-order valence-corrected chi connectivity index (χ1v) is 7.84. The summed E-state index contributed by atoms with van der Waals surface area (Å²) in [6.07, 6.45) is 3.31. The van der Waals surface area contributed by atoms with Crippen LogP contribution in [0.25, 0.3) is 6.08 Å². The molecule has 25 heavy (non-hydrogen) atoms. The van der Waals surface area contributed by atoms with Gasteiger partial charge in [-0.05, 0) is 60.9 Å². The first-order valence-electron chi connectivity index (χ1n) is 7.84. The minimum atomic E-state index is -0.238. The van der Waals surface area contributed by atoms with Crippen LogP contribution in [0.5, 0.6) is 17.2 Å². The number of hydrogen-bond donors (Lipinski definition) is 1. The number of aryl methyl sites for hydroxylation is 2. The lowest BCUT2D eigenvalue weighted by molar-refractivity contribution is -0.111. The Morgan fingerprint density at radius 3 is 2.12 bits per heavy atom. The lowest BCUT2D eigenvalue weighted by Gasteiger charge is -2.11. The molecule has 0 radical (unpaired) electrons. The second kappa shape index (κ2) is 8.24. The molecule has 0 heterocycles. The summed E-state index contributed by atoms with van der Waals surface area (Å²) in [6.45, 7) is 3.97. The van der Waals surface area contributed by atoms with Crippen molar-refractivity contribution in [1.29, 1.82) is 0 Å². The first-order chi connectivity index (χ1) is 12.0. The van der Waals surface area contributed by atoms with Crippen molar-refractivity contribution in [3.05, 3.63) is 53.1 Å². The number of anilines is 1. The number of benzene rings is 2. The van der Waals surface area contributed by atoms with Gasteiger partial charge in [-0.3, -0.25) is 4.79 Å². The number of rotatable bonds is 6. The Bertz CT molecular complexity index is 773. The van der Waals surface area contributed by atoms with Crippen molar-refractivity contribution >= 4 is 17.7 Å². The molecule has 0 aliphatic carbocycles. The van der Waals surface area contributed by atoms with Gasteiger partial charge in [0.1, 0.15) is 17.2 Å². The molecule has 1 amide bonds. The molecule has 0 aliphatic heterocycles. The molecule has 0 spiro atoms. The van der Waals surface area contributed by atoms with E-state index in [0.717, 1.165) is 22.4 Å². The van der Waals surface area contributed by atoms with E-state index < -0.39 is 0 Å². The van der Waals surface area contributed by atoms with Gasteiger partial charge >= 0.3 is 0 Å². The van der Waals surface area contributed by atoms with E-state index in [1.807, 2.05) is 26.0 Å². The number of nitrogens with one attached hydrogen (secondary N) is 1. The fourth-order valence-electron chi connectivity index (χ4n) is 2.55. The molecule has 2 rings (SSSR count). The zero-order valence-corrected chi connectivity index (χ0v) is 15.2. The molecular weight excluding hydrogens is 318 g/mol. The highest BCUT2D eigenvalue weighted by molar-refractivity contribution is 6.03. The maximum Gasteiger partial charge on any atom is 0.248 e. The molecule has 0 bridgehead atoms. The van der Waals surface area contributed by atoms with Crippen LogP contribution in [-0.2, 0) is 4.79 Å². The summed E-state index contributed by atoms with van der Waals surface area (Å²) in [5.74, 6) is 1.77. The standard InChI is InChI=1S/C20H23NO4/c1-13-10-16(24-4)11-14(2)17(13)7-9-20(22)21-18-8-6-15(23-3)12-19(18)25-5/h6-12H,1-5H3,(H,21,22)/b9-7+. The number of methoxy groups -OCH3 is 3. The third-order valence-corrected chi connectivity index (χ3v) is 3.87. The third kappa shape index (κ3) is 4.53. The van der Waals surface area contributed by atoms with E-state index in [1.54, 1.807) is 45.6 Å². The highest BCUT2D eigenvalue weighted by Crippen LogP contribution is 2.29. The normalized spacial score (nSPS) is 10.6. The van der Waals surface area contributed by atoms with E-state index in [4.69, 9.17) is 14.2 Å². The van der Waals surface area contributed by atoms with Gasteiger partial charge in [0.25, 0.3) is 0 Å². The topological polar surface area (TPSA) is 56.8 Å². The Labute approximate surface area is 148 Å². The van der Waals surface area contributed by atoms with Crippen LogP contribution in [0.15, 0.2) is 36.4 Å². The Morgan fingerprint density at radius 2 is 1.56 bits per heavy atom. The van der Waals surface area contributed by atoms with Crippen molar-refractivity contribution in [3.63, 3.8) is 0 Å². The monoisotopic (exact) mass is 341 g/mol.